The summed E-state index contributed by atoms with van der Waals surface area (Å²) in [4.78, 5) is 32.1. The van der Waals surface area contributed by atoms with E-state index in [-0.39, 0.29) is 17.5 Å². The van der Waals surface area contributed by atoms with Gasteiger partial charge >= 0.3 is 0 Å². The second kappa shape index (κ2) is 10.1. The lowest BCUT2D eigenvalue weighted by molar-refractivity contribution is 0.0934. The zero-order valence-corrected chi connectivity index (χ0v) is 20.6. The molecule has 1 aliphatic heterocycles. The number of aromatic nitrogens is 1. The van der Waals surface area contributed by atoms with Crippen molar-refractivity contribution in [3.05, 3.63) is 125 Å². The number of rotatable bonds is 7. The highest BCUT2D eigenvalue weighted by Gasteiger charge is 2.26. The second-order valence-electron chi connectivity index (χ2n) is 9.13. The normalized spacial score (nSPS) is 13.8. The molecule has 5 rings (SSSR count). The molecule has 4 aromatic rings. The predicted octanol–water partition coefficient (Wildman–Crippen LogP) is 5.05. The third-order valence-corrected chi connectivity index (χ3v) is 6.63. The Balaban J connectivity index is 1.71. The average molecular weight is 479 g/mol. The number of benzene rings is 3. The molecule has 182 valence electrons. The van der Waals surface area contributed by atoms with Crippen LogP contribution in [0.2, 0.25) is 0 Å². The lowest BCUT2D eigenvalue weighted by Crippen LogP contribution is -2.35. The molecule has 0 bridgehead atoms. The molecular formula is C30H30N4O2. The first-order valence-corrected chi connectivity index (χ1v) is 12.3. The van der Waals surface area contributed by atoms with E-state index in [1.165, 1.54) is 0 Å². The van der Waals surface area contributed by atoms with Crippen molar-refractivity contribution in [1.29, 1.82) is 0 Å². The van der Waals surface area contributed by atoms with Crippen molar-refractivity contribution >= 4 is 16.7 Å². The summed E-state index contributed by atoms with van der Waals surface area (Å²) in [5.74, 6) is -0.182. The van der Waals surface area contributed by atoms with Crippen LogP contribution in [0.25, 0.3) is 16.5 Å². The summed E-state index contributed by atoms with van der Waals surface area (Å²) < 4.78 is 1.70. The van der Waals surface area contributed by atoms with Gasteiger partial charge in [0.25, 0.3) is 11.5 Å². The monoisotopic (exact) mass is 478 g/mol. The Kier molecular flexibility index (Phi) is 6.58. The van der Waals surface area contributed by atoms with Crippen LogP contribution < -0.4 is 10.9 Å². The first-order valence-electron chi connectivity index (χ1n) is 12.3. The smallest absolute Gasteiger partial charge is 0.263 e. The summed E-state index contributed by atoms with van der Waals surface area (Å²) in [6.07, 6.45) is 4.74. The number of hydrogen-bond donors (Lipinski definition) is 1. The fraction of sp³-hybridized carbons (Fsp3) is 0.200. The van der Waals surface area contributed by atoms with Crippen LogP contribution in [0, 0.1) is 0 Å². The Morgan fingerprint density at radius 3 is 2.17 bits per heavy atom. The van der Waals surface area contributed by atoms with Crippen LogP contribution in [-0.4, -0.2) is 34.0 Å². The van der Waals surface area contributed by atoms with E-state index in [9.17, 15) is 9.59 Å². The van der Waals surface area contributed by atoms with Crippen LogP contribution in [0.5, 0.6) is 0 Å². The maximum atomic E-state index is 14.1. The van der Waals surface area contributed by atoms with E-state index in [0.717, 1.165) is 17.7 Å². The van der Waals surface area contributed by atoms with Crippen molar-refractivity contribution < 1.29 is 4.79 Å². The molecule has 0 radical (unpaired) electrons. The first kappa shape index (κ1) is 23.4. The van der Waals surface area contributed by atoms with Gasteiger partial charge in [-0.3, -0.25) is 14.2 Å². The molecular weight excluding hydrogens is 448 g/mol. The molecule has 1 amide bonds. The molecule has 0 unspecified atom stereocenters. The molecule has 0 spiro atoms. The molecule has 1 aromatic heterocycles. The second-order valence-corrected chi connectivity index (χ2v) is 9.13. The SMILES string of the molecule is CC[C@H](NC(=O)c1c(CN2C=CN(C)C2)n(-c2ccccc2)c(=O)c2ccccc12)c1ccccc1. The number of pyridine rings is 1. The van der Waals surface area contributed by atoms with Crippen LogP contribution >= 0.6 is 0 Å². The van der Waals surface area contributed by atoms with Crippen molar-refractivity contribution in [3.63, 3.8) is 0 Å². The number of carbonyl (C=O) groups excluding carboxylic acids is 1. The van der Waals surface area contributed by atoms with Crippen LogP contribution in [0.1, 0.15) is 41.0 Å². The largest absolute Gasteiger partial charge is 0.362 e. The molecule has 1 aliphatic rings. The summed E-state index contributed by atoms with van der Waals surface area (Å²) >= 11 is 0. The van der Waals surface area contributed by atoms with Gasteiger partial charge < -0.3 is 15.1 Å². The Morgan fingerprint density at radius 2 is 1.53 bits per heavy atom. The van der Waals surface area contributed by atoms with Gasteiger partial charge in [-0.1, -0.05) is 73.7 Å². The number of carbonyl (C=O) groups is 1. The van der Waals surface area contributed by atoms with Crippen LogP contribution in [0.3, 0.4) is 0 Å². The molecule has 0 fully saturated rings. The van der Waals surface area contributed by atoms with Gasteiger partial charge in [0.2, 0.25) is 0 Å². The summed E-state index contributed by atoms with van der Waals surface area (Å²) in [6.45, 7) is 3.16. The van der Waals surface area contributed by atoms with Crippen molar-refractivity contribution in [2.45, 2.75) is 25.9 Å². The van der Waals surface area contributed by atoms with Crippen molar-refractivity contribution in [3.8, 4) is 5.69 Å². The maximum absolute atomic E-state index is 14.1. The Labute approximate surface area is 211 Å². The van der Waals surface area contributed by atoms with E-state index in [2.05, 4.69) is 22.0 Å². The van der Waals surface area contributed by atoms with E-state index in [1.807, 2.05) is 98.3 Å². The summed E-state index contributed by atoms with van der Waals surface area (Å²) in [7, 11) is 2.00. The van der Waals surface area contributed by atoms with Crippen molar-refractivity contribution in [2.24, 2.45) is 0 Å². The summed E-state index contributed by atoms with van der Waals surface area (Å²) in [6, 6.07) is 26.8. The molecule has 1 N–H and O–H groups in total. The number of fused-ring (bicyclic) bond motifs is 1. The minimum Gasteiger partial charge on any atom is -0.362 e. The zero-order valence-electron chi connectivity index (χ0n) is 20.6. The van der Waals surface area contributed by atoms with E-state index in [4.69, 9.17) is 0 Å². The van der Waals surface area contributed by atoms with Gasteiger partial charge in [0.1, 0.15) is 0 Å². The highest BCUT2D eigenvalue weighted by molar-refractivity contribution is 6.08. The van der Waals surface area contributed by atoms with Gasteiger partial charge in [-0.25, -0.2) is 0 Å². The maximum Gasteiger partial charge on any atom is 0.263 e. The molecule has 0 aliphatic carbocycles. The van der Waals surface area contributed by atoms with Crippen LogP contribution in [-0.2, 0) is 6.54 Å². The van der Waals surface area contributed by atoms with Gasteiger partial charge in [0, 0.05) is 35.9 Å². The molecule has 1 atom stereocenters. The fourth-order valence-electron chi connectivity index (χ4n) is 4.87. The molecule has 3 aromatic carbocycles. The van der Waals surface area contributed by atoms with E-state index >= 15 is 0 Å². The van der Waals surface area contributed by atoms with Crippen molar-refractivity contribution in [1.82, 2.24) is 19.7 Å². The molecule has 6 heteroatoms. The predicted molar refractivity (Wildman–Crippen MR) is 144 cm³/mol. The minimum atomic E-state index is -0.182. The topological polar surface area (TPSA) is 57.6 Å². The van der Waals surface area contributed by atoms with E-state index in [1.54, 1.807) is 10.6 Å². The first-order chi connectivity index (χ1) is 17.6. The molecule has 2 heterocycles. The zero-order chi connectivity index (χ0) is 25.1. The van der Waals surface area contributed by atoms with Gasteiger partial charge in [-0.15, -0.1) is 0 Å². The summed E-state index contributed by atoms with van der Waals surface area (Å²) in [5.41, 5.74) is 2.87. The third-order valence-electron chi connectivity index (χ3n) is 6.63. The number of amides is 1. The van der Waals surface area contributed by atoms with Gasteiger partial charge in [-0.05, 0) is 30.2 Å². The van der Waals surface area contributed by atoms with Gasteiger partial charge in [-0.2, -0.15) is 0 Å². The molecule has 6 nitrogen and oxygen atoms in total. The van der Waals surface area contributed by atoms with Crippen LogP contribution in [0.15, 0.2) is 102 Å². The average Bonchev–Trinajstić information content (AvgIpc) is 3.33. The third kappa shape index (κ3) is 4.50. The Morgan fingerprint density at radius 1 is 0.889 bits per heavy atom. The molecule has 36 heavy (non-hydrogen) atoms. The van der Waals surface area contributed by atoms with Gasteiger partial charge in [0.15, 0.2) is 0 Å². The summed E-state index contributed by atoms with van der Waals surface area (Å²) in [5, 5.41) is 4.46. The number of hydrogen-bond acceptors (Lipinski definition) is 4. The standard InChI is InChI=1S/C30H30N4O2/c1-3-26(22-12-6-4-7-13-22)31-29(35)28-24-16-10-11-17-25(24)30(36)34(23-14-8-5-9-15-23)27(28)20-33-19-18-32(2)21-33/h4-19,26H,3,20-21H2,1-2H3,(H,31,35)/t26-/m0/s1. The van der Waals surface area contributed by atoms with E-state index < -0.39 is 0 Å². The minimum absolute atomic E-state index is 0.130. The molecule has 0 saturated heterocycles. The lowest BCUT2D eigenvalue weighted by atomic mass is 9.99. The fourth-order valence-corrected chi connectivity index (χ4v) is 4.87. The van der Waals surface area contributed by atoms with Crippen molar-refractivity contribution in [2.75, 3.05) is 13.7 Å². The number of nitrogens with zero attached hydrogens (tertiary/aromatic N) is 3. The van der Waals surface area contributed by atoms with Crippen LogP contribution in [0.4, 0.5) is 0 Å². The highest BCUT2D eigenvalue weighted by atomic mass is 16.2. The molecule has 0 saturated carbocycles. The quantitative estimate of drug-likeness (QED) is 0.404. The Bertz CT molecular complexity index is 1460. The number of para-hydroxylation sites is 1. The Hall–Kier alpha value is -4.32. The lowest BCUT2D eigenvalue weighted by Gasteiger charge is -2.25. The van der Waals surface area contributed by atoms with E-state index in [0.29, 0.717) is 35.2 Å². The highest BCUT2D eigenvalue weighted by Crippen LogP contribution is 2.26. The number of nitrogens with one attached hydrogen (secondary N) is 1. The van der Waals surface area contributed by atoms with Gasteiger partial charge in [0.05, 0.1) is 30.5 Å².